The monoisotopic (exact) mass is 640 g/mol. The summed E-state index contributed by atoms with van der Waals surface area (Å²) in [7, 11) is 0. The average molecular weight is 641 g/mol. The smallest absolute Gasteiger partial charge is 0.335 e. The Morgan fingerprint density at radius 3 is 2.46 bits per heavy atom. The molecular weight excluding hydrogens is 594 g/mol. The van der Waals surface area contributed by atoms with Gasteiger partial charge in [-0.3, -0.25) is 4.79 Å². The van der Waals surface area contributed by atoms with Crippen LogP contribution in [0.25, 0.3) is 0 Å². The lowest BCUT2D eigenvalue weighted by molar-refractivity contribution is -0.441. The summed E-state index contributed by atoms with van der Waals surface area (Å²) in [4.78, 5) is 27.1. The Labute approximate surface area is 284 Å². The van der Waals surface area contributed by atoms with Crippen molar-refractivity contribution >= 4 is 34.7 Å². The van der Waals surface area contributed by atoms with Gasteiger partial charge in [0.25, 0.3) is 0 Å². The molecule has 3 aromatic carbocycles. The van der Waals surface area contributed by atoms with Crippen molar-refractivity contribution in [2.75, 3.05) is 23.3 Å². The normalized spacial score (nSPS) is 20.0. The van der Waals surface area contributed by atoms with E-state index in [0.29, 0.717) is 18.5 Å². The summed E-state index contributed by atoms with van der Waals surface area (Å²) in [5.74, 6) is -1.07. The van der Waals surface area contributed by atoms with Crippen molar-refractivity contribution in [3.8, 4) is 0 Å². The number of nitrogens with one attached hydrogen (secondary N) is 1. The SMILES string of the molecule is Cc1ccc2c(c1)C(C)(C)C1=C(/C=C(/C=C3\CCC[N+]4=C3C(C)(C)c3ccccc34)CCC(=O)Nc3ccc(C(=O)O)cc3)CCCN12. The van der Waals surface area contributed by atoms with Crippen LogP contribution < -0.4 is 10.2 Å². The molecule has 7 rings (SSSR count). The number of aromatic carboxylic acids is 1. The zero-order valence-electron chi connectivity index (χ0n) is 28.8. The van der Waals surface area contributed by atoms with Gasteiger partial charge in [0.05, 0.1) is 11.0 Å². The summed E-state index contributed by atoms with van der Waals surface area (Å²) in [5.41, 5.74) is 13.9. The van der Waals surface area contributed by atoms with Crippen LogP contribution in [0.3, 0.4) is 0 Å². The van der Waals surface area contributed by atoms with Crippen LogP contribution >= 0.6 is 0 Å². The average Bonchev–Trinajstić information content (AvgIpc) is 3.44. The second-order valence-corrected chi connectivity index (χ2v) is 14.8. The van der Waals surface area contributed by atoms with E-state index in [4.69, 9.17) is 0 Å². The topological polar surface area (TPSA) is 72.6 Å². The molecule has 0 saturated heterocycles. The second kappa shape index (κ2) is 12.1. The van der Waals surface area contributed by atoms with E-state index in [1.807, 2.05) is 0 Å². The maximum atomic E-state index is 13.3. The number of nitrogens with zero attached hydrogens (tertiary/aromatic N) is 2. The number of amides is 1. The summed E-state index contributed by atoms with van der Waals surface area (Å²) in [6, 6.07) is 22.0. The van der Waals surface area contributed by atoms with Crippen LogP contribution in [-0.4, -0.2) is 40.4 Å². The summed E-state index contributed by atoms with van der Waals surface area (Å²) >= 11 is 0. The Morgan fingerprint density at radius 1 is 0.917 bits per heavy atom. The van der Waals surface area contributed by atoms with E-state index in [0.717, 1.165) is 38.8 Å². The summed E-state index contributed by atoms with van der Waals surface area (Å²) in [6.07, 6.45) is 9.93. The number of hydrogen-bond donors (Lipinski definition) is 2. The molecule has 0 radical (unpaired) electrons. The first-order valence-corrected chi connectivity index (χ1v) is 17.4. The molecule has 0 spiro atoms. The van der Waals surface area contributed by atoms with Crippen molar-refractivity contribution in [2.24, 2.45) is 0 Å². The molecule has 6 heteroatoms. The number of carboxylic acid groups (broad SMARTS) is 1. The van der Waals surface area contributed by atoms with Gasteiger partial charge in [-0.1, -0.05) is 55.8 Å². The van der Waals surface area contributed by atoms with Crippen molar-refractivity contribution in [1.29, 1.82) is 0 Å². The van der Waals surface area contributed by atoms with Crippen molar-refractivity contribution in [2.45, 2.75) is 84.0 Å². The van der Waals surface area contributed by atoms with Crippen molar-refractivity contribution in [3.63, 3.8) is 0 Å². The molecule has 3 aromatic rings. The standard InChI is InChI=1S/C42H45N3O3/c1-27-14-20-36-34(24-27)42(4,5)39-31(11-9-23-45(36)39)26-28(15-21-37(46)43-32-18-16-29(17-19-32)40(47)48)25-30-10-8-22-44-35-13-7-6-12-33(35)41(2,3)38(30)44/h6-7,12-14,16-20,24-26H,8-11,15,21-23H2,1-5H3,(H-,43,46,47,48)/p+1. The first-order valence-electron chi connectivity index (χ1n) is 17.4. The van der Waals surface area contributed by atoms with Gasteiger partial charge in [0.2, 0.25) is 11.6 Å². The van der Waals surface area contributed by atoms with Gasteiger partial charge in [-0.15, -0.1) is 0 Å². The van der Waals surface area contributed by atoms with Gasteiger partial charge in [-0.25, -0.2) is 4.79 Å². The van der Waals surface area contributed by atoms with Crippen LogP contribution in [-0.2, 0) is 15.6 Å². The zero-order valence-corrected chi connectivity index (χ0v) is 28.8. The summed E-state index contributed by atoms with van der Waals surface area (Å²) in [6.45, 7) is 13.6. The van der Waals surface area contributed by atoms with Crippen molar-refractivity contribution in [3.05, 3.63) is 124 Å². The predicted octanol–water partition coefficient (Wildman–Crippen LogP) is 8.98. The van der Waals surface area contributed by atoms with Gasteiger partial charge >= 0.3 is 5.97 Å². The molecule has 0 aliphatic carbocycles. The number of fused-ring (bicyclic) bond motifs is 5. The lowest BCUT2D eigenvalue weighted by Crippen LogP contribution is -2.34. The van der Waals surface area contributed by atoms with Crippen LogP contribution in [0.15, 0.2) is 101 Å². The molecule has 4 aliphatic heterocycles. The minimum Gasteiger partial charge on any atom is -0.478 e. The van der Waals surface area contributed by atoms with Gasteiger partial charge < -0.3 is 15.3 Å². The fraction of sp³-hybridized carbons (Fsp3) is 0.357. The molecule has 0 fully saturated rings. The molecule has 0 saturated carbocycles. The minimum absolute atomic E-state index is 0.0825. The lowest BCUT2D eigenvalue weighted by Gasteiger charge is -2.33. The predicted molar refractivity (Wildman–Crippen MR) is 194 cm³/mol. The lowest BCUT2D eigenvalue weighted by atomic mass is 9.76. The molecule has 0 atom stereocenters. The number of carbonyl (C=O) groups is 2. The molecule has 0 unspecified atom stereocenters. The van der Waals surface area contributed by atoms with Crippen molar-refractivity contribution in [1.82, 2.24) is 0 Å². The summed E-state index contributed by atoms with van der Waals surface area (Å²) < 4.78 is 2.53. The van der Waals surface area contributed by atoms with E-state index in [1.165, 1.54) is 68.3 Å². The fourth-order valence-corrected chi connectivity index (χ4v) is 8.59. The number of allylic oxidation sites excluding steroid dienone is 6. The molecule has 246 valence electrons. The van der Waals surface area contributed by atoms with Gasteiger partial charge in [-0.05, 0) is 99.6 Å². The first kappa shape index (κ1) is 31.9. The van der Waals surface area contributed by atoms with Crippen LogP contribution in [0.5, 0.6) is 0 Å². The number of para-hydroxylation sites is 1. The number of benzene rings is 3. The van der Waals surface area contributed by atoms with Gasteiger partial charge in [-0.2, -0.15) is 4.58 Å². The molecule has 0 bridgehead atoms. The third-order valence-electron chi connectivity index (χ3n) is 10.7. The Bertz CT molecular complexity index is 1960. The molecule has 6 nitrogen and oxygen atoms in total. The highest BCUT2D eigenvalue weighted by atomic mass is 16.4. The fourth-order valence-electron chi connectivity index (χ4n) is 8.59. The van der Waals surface area contributed by atoms with Gasteiger partial charge in [0, 0.05) is 59.1 Å². The van der Waals surface area contributed by atoms with E-state index in [1.54, 1.807) is 12.1 Å². The number of aryl methyl sites for hydroxylation is 1. The number of hydrogen-bond acceptors (Lipinski definition) is 3. The largest absolute Gasteiger partial charge is 0.478 e. The first-order chi connectivity index (χ1) is 22.9. The number of carboxylic acids is 1. The highest BCUT2D eigenvalue weighted by molar-refractivity contribution is 6.07. The maximum Gasteiger partial charge on any atom is 0.335 e. The molecule has 4 heterocycles. The Hall–Kier alpha value is -4.71. The molecule has 0 aromatic heterocycles. The molecule has 1 amide bonds. The van der Waals surface area contributed by atoms with E-state index >= 15 is 0 Å². The number of anilines is 2. The van der Waals surface area contributed by atoms with Crippen LogP contribution in [0, 0.1) is 6.92 Å². The minimum atomic E-state index is -0.983. The van der Waals surface area contributed by atoms with E-state index in [-0.39, 0.29) is 22.3 Å². The van der Waals surface area contributed by atoms with Gasteiger partial charge in [0.1, 0.15) is 6.54 Å². The summed E-state index contributed by atoms with van der Waals surface area (Å²) in [5, 5.41) is 12.2. The zero-order chi connectivity index (χ0) is 33.8. The van der Waals surface area contributed by atoms with E-state index < -0.39 is 5.97 Å². The van der Waals surface area contributed by atoms with Crippen LogP contribution in [0.4, 0.5) is 17.1 Å². The Kier molecular flexibility index (Phi) is 8.01. The second-order valence-electron chi connectivity index (χ2n) is 14.8. The third kappa shape index (κ3) is 5.51. The molecular formula is C42H46N3O3+. The molecule has 4 aliphatic rings. The van der Waals surface area contributed by atoms with Crippen molar-refractivity contribution < 1.29 is 19.3 Å². The quantitative estimate of drug-likeness (QED) is 0.253. The Balaban J connectivity index is 1.27. The highest BCUT2D eigenvalue weighted by Crippen LogP contribution is 2.52. The molecule has 48 heavy (non-hydrogen) atoms. The highest BCUT2D eigenvalue weighted by Gasteiger charge is 2.48. The third-order valence-corrected chi connectivity index (χ3v) is 10.7. The Morgan fingerprint density at radius 2 is 1.69 bits per heavy atom. The number of carbonyl (C=O) groups excluding carboxylic acids is 1. The maximum absolute atomic E-state index is 13.3. The van der Waals surface area contributed by atoms with E-state index in [9.17, 15) is 14.7 Å². The van der Waals surface area contributed by atoms with E-state index in [2.05, 4.69) is 104 Å². The number of rotatable bonds is 7. The van der Waals surface area contributed by atoms with Crippen LogP contribution in [0.2, 0.25) is 0 Å². The van der Waals surface area contributed by atoms with Gasteiger partial charge in [0.15, 0.2) is 5.71 Å². The molecule has 2 N–H and O–H groups in total. The van der Waals surface area contributed by atoms with Crippen LogP contribution in [0.1, 0.15) is 93.3 Å².